The number of aryl methyl sites for hydroxylation is 2. The topological polar surface area (TPSA) is 46.3 Å². The van der Waals surface area contributed by atoms with Crippen molar-refractivity contribution in [3.63, 3.8) is 0 Å². The second-order valence-corrected chi connectivity index (χ2v) is 7.22. The first-order valence-electron chi connectivity index (χ1n) is 9.73. The Morgan fingerprint density at radius 2 is 1.55 bits per heavy atom. The maximum Gasteiger partial charge on any atom is 0.161 e. The number of para-hydroxylation sites is 2. The monoisotopic (exact) mass is 386 g/mol. The van der Waals surface area contributed by atoms with Crippen molar-refractivity contribution in [2.75, 3.05) is 19.5 Å². The van der Waals surface area contributed by atoms with Gasteiger partial charge in [0.05, 0.1) is 20.3 Å². The maximum atomic E-state index is 5.58. The highest BCUT2D eigenvalue weighted by Crippen LogP contribution is 2.38. The zero-order valence-corrected chi connectivity index (χ0v) is 17.2. The highest BCUT2D eigenvalue weighted by Gasteiger charge is 2.22. The second-order valence-electron chi connectivity index (χ2n) is 7.22. The Kier molecular flexibility index (Phi) is 5.17. The SMILES string of the molecule is COc1ccc(C(Nc2ccccc2C)c2c(C)[nH]c3ccccc23)cc1OC. The summed E-state index contributed by atoms with van der Waals surface area (Å²) in [6, 6.07) is 22.8. The van der Waals surface area contributed by atoms with Gasteiger partial charge in [-0.15, -0.1) is 0 Å². The van der Waals surface area contributed by atoms with Gasteiger partial charge in [0.1, 0.15) is 0 Å². The number of hydrogen-bond donors (Lipinski definition) is 2. The first-order valence-corrected chi connectivity index (χ1v) is 9.73. The van der Waals surface area contributed by atoms with Gasteiger partial charge in [-0.05, 0) is 49.2 Å². The van der Waals surface area contributed by atoms with Crippen molar-refractivity contribution in [1.29, 1.82) is 0 Å². The summed E-state index contributed by atoms with van der Waals surface area (Å²) in [4.78, 5) is 3.53. The highest BCUT2D eigenvalue weighted by atomic mass is 16.5. The van der Waals surface area contributed by atoms with Crippen LogP contribution < -0.4 is 14.8 Å². The van der Waals surface area contributed by atoms with Crippen LogP contribution in [-0.4, -0.2) is 19.2 Å². The molecule has 4 heteroatoms. The van der Waals surface area contributed by atoms with Gasteiger partial charge in [-0.25, -0.2) is 0 Å². The summed E-state index contributed by atoms with van der Waals surface area (Å²) in [5.41, 5.74) is 6.94. The fourth-order valence-corrected chi connectivity index (χ4v) is 3.92. The van der Waals surface area contributed by atoms with Crippen LogP contribution in [0.3, 0.4) is 0 Å². The molecule has 0 aliphatic heterocycles. The number of rotatable bonds is 6. The molecule has 1 unspecified atom stereocenters. The van der Waals surface area contributed by atoms with E-state index in [4.69, 9.17) is 9.47 Å². The Labute approximate surface area is 171 Å². The molecule has 4 nitrogen and oxygen atoms in total. The summed E-state index contributed by atoms with van der Waals surface area (Å²) in [6.07, 6.45) is 0. The molecule has 4 rings (SSSR count). The first-order chi connectivity index (χ1) is 14.1. The molecule has 0 radical (unpaired) electrons. The number of fused-ring (bicyclic) bond motifs is 1. The van der Waals surface area contributed by atoms with Gasteiger partial charge in [0.15, 0.2) is 11.5 Å². The van der Waals surface area contributed by atoms with E-state index in [1.165, 1.54) is 16.5 Å². The zero-order valence-electron chi connectivity index (χ0n) is 17.2. The van der Waals surface area contributed by atoms with Gasteiger partial charge in [-0.2, -0.15) is 0 Å². The van der Waals surface area contributed by atoms with E-state index in [9.17, 15) is 0 Å². The van der Waals surface area contributed by atoms with Crippen molar-refractivity contribution in [3.05, 3.63) is 89.1 Å². The van der Waals surface area contributed by atoms with E-state index < -0.39 is 0 Å². The van der Waals surface area contributed by atoms with Gasteiger partial charge in [-0.1, -0.05) is 42.5 Å². The Morgan fingerprint density at radius 1 is 0.828 bits per heavy atom. The van der Waals surface area contributed by atoms with Gasteiger partial charge < -0.3 is 19.8 Å². The van der Waals surface area contributed by atoms with Crippen LogP contribution in [0.1, 0.15) is 28.4 Å². The number of hydrogen-bond acceptors (Lipinski definition) is 3. The van der Waals surface area contributed by atoms with E-state index in [0.717, 1.165) is 34.0 Å². The lowest BCUT2D eigenvalue weighted by molar-refractivity contribution is 0.354. The lowest BCUT2D eigenvalue weighted by Gasteiger charge is -2.23. The molecule has 0 amide bonds. The number of aromatic amines is 1. The third kappa shape index (κ3) is 3.54. The highest BCUT2D eigenvalue weighted by molar-refractivity contribution is 5.86. The van der Waals surface area contributed by atoms with Gasteiger partial charge >= 0.3 is 0 Å². The number of methoxy groups -OCH3 is 2. The summed E-state index contributed by atoms with van der Waals surface area (Å²) < 4.78 is 11.0. The number of aromatic nitrogens is 1. The van der Waals surface area contributed by atoms with Gasteiger partial charge in [-0.3, -0.25) is 0 Å². The standard InChI is InChI=1S/C25H26N2O2/c1-16-9-5-7-11-20(16)27-25(18-13-14-22(28-3)23(15-18)29-4)24-17(2)26-21-12-8-6-10-19(21)24/h5-15,25-27H,1-4H3. The van der Waals surface area contributed by atoms with E-state index in [1.807, 2.05) is 6.07 Å². The second kappa shape index (κ2) is 7.92. The Hall–Kier alpha value is -3.40. The molecular formula is C25H26N2O2. The lowest BCUT2D eigenvalue weighted by atomic mass is 9.95. The number of nitrogens with one attached hydrogen (secondary N) is 2. The molecule has 0 saturated carbocycles. The Balaban J connectivity index is 1.90. The quantitative estimate of drug-likeness (QED) is 0.427. The smallest absolute Gasteiger partial charge is 0.161 e. The van der Waals surface area contributed by atoms with Crippen LogP contribution in [0, 0.1) is 13.8 Å². The molecule has 29 heavy (non-hydrogen) atoms. The van der Waals surface area contributed by atoms with Gasteiger partial charge in [0, 0.05) is 27.8 Å². The molecule has 0 spiro atoms. The largest absolute Gasteiger partial charge is 0.493 e. The summed E-state index contributed by atoms with van der Waals surface area (Å²) in [5, 5.41) is 4.99. The number of benzene rings is 3. The van der Waals surface area contributed by atoms with Crippen LogP contribution in [0.5, 0.6) is 11.5 Å². The normalized spacial score (nSPS) is 12.0. The molecule has 0 bridgehead atoms. The van der Waals surface area contributed by atoms with Crippen LogP contribution in [0.25, 0.3) is 10.9 Å². The van der Waals surface area contributed by atoms with E-state index in [1.54, 1.807) is 14.2 Å². The Bertz CT molecular complexity index is 1150. The molecule has 1 atom stereocenters. The van der Waals surface area contributed by atoms with Crippen molar-refractivity contribution < 1.29 is 9.47 Å². The molecule has 4 aromatic rings. The van der Waals surface area contributed by atoms with E-state index in [-0.39, 0.29) is 6.04 Å². The van der Waals surface area contributed by atoms with Crippen LogP contribution >= 0.6 is 0 Å². The minimum absolute atomic E-state index is 0.0490. The van der Waals surface area contributed by atoms with Crippen LogP contribution in [0.15, 0.2) is 66.7 Å². The summed E-state index contributed by atoms with van der Waals surface area (Å²) in [5.74, 6) is 1.45. The first kappa shape index (κ1) is 18.9. The van der Waals surface area contributed by atoms with Crippen molar-refractivity contribution >= 4 is 16.6 Å². The maximum absolute atomic E-state index is 5.58. The van der Waals surface area contributed by atoms with E-state index in [2.05, 4.69) is 84.8 Å². The molecule has 0 saturated heterocycles. The average Bonchev–Trinajstić information content (AvgIpc) is 3.08. The van der Waals surface area contributed by atoms with Gasteiger partial charge in [0.25, 0.3) is 0 Å². The molecule has 1 aromatic heterocycles. The fraction of sp³-hybridized carbons (Fsp3) is 0.200. The van der Waals surface area contributed by atoms with E-state index >= 15 is 0 Å². The average molecular weight is 386 g/mol. The van der Waals surface area contributed by atoms with Crippen LogP contribution in [0.2, 0.25) is 0 Å². The molecular weight excluding hydrogens is 360 g/mol. The zero-order chi connectivity index (χ0) is 20.4. The van der Waals surface area contributed by atoms with Crippen molar-refractivity contribution in [2.24, 2.45) is 0 Å². The lowest BCUT2D eigenvalue weighted by Crippen LogP contribution is -2.14. The van der Waals surface area contributed by atoms with Crippen LogP contribution in [-0.2, 0) is 0 Å². The molecule has 3 aromatic carbocycles. The minimum atomic E-state index is -0.0490. The molecule has 1 heterocycles. The van der Waals surface area contributed by atoms with Crippen molar-refractivity contribution in [1.82, 2.24) is 4.98 Å². The molecule has 0 aliphatic carbocycles. The van der Waals surface area contributed by atoms with Crippen molar-refractivity contribution in [2.45, 2.75) is 19.9 Å². The number of anilines is 1. The summed E-state index contributed by atoms with van der Waals surface area (Å²) >= 11 is 0. The van der Waals surface area contributed by atoms with Gasteiger partial charge in [0.2, 0.25) is 0 Å². The predicted octanol–water partition coefficient (Wildman–Crippen LogP) is 6.00. The number of ether oxygens (including phenoxy) is 2. The summed E-state index contributed by atoms with van der Waals surface area (Å²) in [6.45, 7) is 4.25. The molecule has 0 aliphatic rings. The Morgan fingerprint density at radius 3 is 2.31 bits per heavy atom. The third-order valence-electron chi connectivity index (χ3n) is 5.42. The predicted molar refractivity (Wildman–Crippen MR) is 119 cm³/mol. The molecule has 2 N–H and O–H groups in total. The van der Waals surface area contributed by atoms with Crippen LogP contribution in [0.4, 0.5) is 5.69 Å². The van der Waals surface area contributed by atoms with E-state index in [0.29, 0.717) is 0 Å². The summed E-state index contributed by atoms with van der Waals surface area (Å²) in [7, 11) is 3.33. The molecule has 0 fully saturated rings. The van der Waals surface area contributed by atoms with Crippen molar-refractivity contribution in [3.8, 4) is 11.5 Å². The number of H-pyrrole nitrogens is 1. The molecule has 148 valence electrons. The fourth-order valence-electron chi connectivity index (χ4n) is 3.92. The minimum Gasteiger partial charge on any atom is -0.493 e. The third-order valence-corrected chi connectivity index (χ3v) is 5.42.